The zero-order valence-electron chi connectivity index (χ0n) is 11.6. The molecule has 2 bridgehead atoms. The third-order valence-electron chi connectivity index (χ3n) is 4.39. The fourth-order valence-corrected chi connectivity index (χ4v) is 3.45. The lowest BCUT2D eigenvalue weighted by Gasteiger charge is -2.36. The maximum absolute atomic E-state index is 13.5. The molecular formula is C15H18F2N2O2. The molecule has 2 aliphatic heterocycles. The number of anilines is 1. The van der Waals surface area contributed by atoms with Crippen LogP contribution in [0.5, 0.6) is 0 Å². The van der Waals surface area contributed by atoms with Gasteiger partial charge in [-0.3, -0.25) is 9.69 Å². The van der Waals surface area contributed by atoms with Crippen molar-refractivity contribution in [1.29, 1.82) is 0 Å². The Morgan fingerprint density at radius 1 is 1.29 bits per heavy atom. The third-order valence-corrected chi connectivity index (χ3v) is 4.39. The molecule has 0 saturated carbocycles. The van der Waals surface area contributed by atoms with Gasteiger partial charge in [0.1, 0.15) is 11.6 Å². The Kier molecular flexibility index (Phi) is 3.91. The number of hydrogen-bond donors (Lipinski definition) is 2. The van der Waals surface area contributed by atoms with Gasteiger partial charge in [0.05, 0.1) is 18.3 Å². The fraction of sp³-hybridized carbons (Fsp3) is 0.533. The number of halogens is 2. The van der Waals surface area contributed by atoms with E-state index in [1.54, 1.807) is 0 Å². The fourth-order valence-electron chi connectivity index (χ4n) is 3.45. The van der Waals surface area contributed by atoms with E-state index in [1.807, 2.05) is 0 Å². The summed E-state index contributed by atoms with van der Waals surface area (Å²) in [5.74, 6) is -1.59. The highest BCUT2D eigenvalue weighted by atomic mass is 19.1. The van der Waals surface area contributed by atoms with Gasteiger partial charge >= 0.3 is 0 Å². The first-order chi connectivity index (χ1) is 10.0. The smallest absolute Gasteiger partial charge is 0.238 e. The number of benzene rings is 1. The molecule has 2 unspecified atom stereocenters. The summed E-state index contributed by atoms with van der Waals surface area (Å²) in [5.41, 5.74) is -0.135. The van der Waals surface area contributed by atoms with Gasteiger partial charge in [-0.15, -0.1) is 0 Å². The molecule has 2 fully saturated rings. The summed E-state index contributed by atoms with van der Waals surface area (Å²) < 4.78 is 26.6. The van der Waals surface area contributed by atoms with E-state index in [2.05, 4.69) is 10.2 Å². The highest BCUT2D eigenvalue weighted by Crippen LogP contribution is 2.35. The van der Waals surface area contributed by atoms with E-state index in [9.17, 15) is 18.7 Å². The van der Waals surface area contributed by atoms with E-state index in [0.29, 0.717) is 12.8 Å². The SMILES string of the molecule is O=C(CN1C2CCC1CC(O)C2)Nc1cc(F)ccc1F. The van der Waals surface area contributed by atoms with Crippen LogP contribution in [0.3, 0.4) is 0 Å². The van der Waals surface area contributed by atoms with Crippen LogP contribution in [0, 0.1) is 11.6 Å². The Labute approximate surface area is 121 Å². The van der Waals surface area contributed by atoms with Crippen molar-refractivity contribution < 1.29 is 18.7 Å². The number of nitrogens with zero attached hydrogens (tertiary/aromatic N) is 1. The number of carbonyl (C=O) groups is 1. The summed E-state index contributed by atoms with van der Waals surface area (Å²) in [6.45, 7) is 0.151. The van der Waals surface area contributed by atoms with E-state index < -0.39 is 11.6 Å². The molecule has 2 saturated heterocycles. The molecule has 2 N–H and O–H groups in total. The van der Waals surface area contributed by atoms with Crippen LogP contribution >= 0.6 is 0 Å². The van der Waals surface area contributed by atoms with Crippen LogP contribution in [-0.2, 0) is 4.79 Å². The molecule has 114 valence electrons. The quantitative estimate of drug-likeness (QED) is 0.895. The first-order valence-corrected chi connectivity index (χ1v) is 7.21. The zero-order chi connectivity index (χ0) is 15.0. The van der Waals surface area contributed by atoms with Crippen LogP contribution in [-0.4, -0.2) is 40.6 Å². The molecule has 0 radical (unpaired) electrons. The van der Waals surface area contributed by atoms with Crippen LogP contribution in [0.25, 0.3) is 0 Å². The van der Waals surface area contributed by atoms with Crippen LogP contribution in [0.4, 0.5) is 14.5 Å². The Morgan fingerprint density at radius 3 is 2.62 bits per heavy atom. The number of hydrogen-bond acceptors (Lipinski definition) is 3. The lowest BCUT2D eigenvalue weighted by Crippen LogP contribution is -2.47. The van der Waals surface area contributed by atoms with Crippen molar-refractivity contribution in [3.05, 3.63) is 29.8 Å². The second kappa shape index (κ2) is 5.69. The molecule has 21 heavy (non-hydrogen) atoms. The summed E-state index contributed by atoms with van der Waals surface area (Å²) in [4.78, 5) is 14.1. The molecule has 2 aliphatic rings. The minimum absolute atomic E-state index is 0.135. The summed E-state index contributed by atoms with van der Waals surface area (Å²) in [5, 5.41) is 12.1. The van der Waals surface area contributed by atoms with Crippen molar-refractivity contribution in [2.45, 2.75) is 43.9 Å². The number of amides is 1. The van der Waals surface area contributed by atoms with Crippen molar-refractivity contribution in [2.75, 3.05) is 11.9 Å². The number of aliphatic hydroxyl groups is 1. The largest absolute Gasteiger partial charge is 0.393 e. The van der Waals surface area contributed by atoms with Gasteiger partial charge in [0.2, 0.25) is 5.91 Å². The van der Waals surface area contributed by atoms with Gasteiger partial charge < -0.3 is 10.4 Å². The summed E-state index contributed by atoms with van der Waals surface area (Å²) in [7, 11) is 0. The molecular weight excluding hydrogens is 278 g/mol. The molecule has 0 spiro atoms. The summed E-state index contributed by atoms with van der Waals surface area (Å²) in [6.07, 6.45) is 3.02. The van der Waals surface area contributed by atoms with Gasteiger partial charge in [-0.05, 0) is 37.8 Å². The predicted molar refractivity (Wildman–Crippen MR) is 73.7 cm³/mol. The second-order valence-electron chi connectivity index (χ2n) is 5.85. The molecule has 3 rings (SSSR count). The highest BCUT2D eigenvalue weighted by Gasteiger charge is 2.40. The molecule has 0 aliphatic carbocycles. The topological polar surface area (TPSA) is 52.6 Å². The van der Waals surface area contributed by atoms with E-state index in [1.165, 1.54) is 0 Å². The molecule has 6 heteroatoms. The van der Waals surface area contributed by atoms with Gasteiger partial charge in [-0.2, -0.15) is 0 Å². The lowest BCUT2D eigenvalue weighted by atomic mass is 10.00. The van der Waals surface area contributed by atoms with Crippen LogP contribution in [0.1, 0.15) is 25.7 Å². The van der Waals surface area contributed by atoms with Crippen molar-refractivity contribution in [3.63, 3.8) is 0 Å². The Hall–Kier alpha value is -1.53. The lowest BCUT2D eigenvalue weighted by molar-refractivity contribution is -0.119. The van der Waals surface area contributed by atoms with E-state index in [0.717, 1.165) is 31.0 Å². The van der Waals surface area contributed by atoms with Crippen molar-refractivity contribution in [2.24, 2.45) is 0 Å². The summed E-state index contributed by atoms with van der Waals surface area (Å²) >= 11 is 0. The normalized spacial score (nSPS) is 28.6. The average Bonchev–Trinajstić information content (AvgIpc) is 2.66. The molecule has 1 aromatic carbocycles. The zero-order valence-corrected chi connectivity index (χ0v) is 11.6. The Morgan fingerprint density at radius 2 is 1.95 bits per heavy atom. The van der Waals surface area contributed by atoms with E-state index in [4.69, 9.17) is 0 Å². The van der Waals surface area contributed by atoms with Gasteiger partial charge in [-0.1, -0.05) is 0 Å². The summed E-state index contributed by atoms with van der Waals surface area (Å²) in [6, 6.07) is 3.40. The van der Waals surface area contributed by atoms with Gasteiger partial charge in [0, 0.05) is 18.2 Å². The van der Waals surface area contributed by atoms with E-state index >= 15 is 0 Å². The highest BCUT2D eigenvalue weighted by molar-refractivity contribution is 5.92. The minimum atomic E-state index is -0.651. The van der Waals surface area contributed by atoms with Crippen LogP contribution in [0.15, 0.2) is 18.2 Å². The van der Waals surface area contributed by atoms with Gasteiger partial charge in [0.25, 0.3) is 0 Å². The second-order valence-corrected chi connectivity index (χ2v) is 5.85. The maximum Gasteiger partial charge on any atom is 0.238 e. The number of nitrogens with one attached hydrogen (secondary N) is 1. The number of piperidine rings is 1. The molecule has 0 aromatic heterocycles. The minimum Gasteiger partial charge on any atom is -0.393 e. The first-order valence-electron chi connectivity index (χ1n) is 7.21. The van der Waals surface area contributed by atoms with Crippen molar-refractivity contribution in [3.8, 4) is 0 Å². The Bertz CT molecular complexity index is 538. The average molecular weight is 296 g/mol. The monoisotopic (exact) mass is 296 g/mol. The number of rotatable bonds is 3. The molecule has 4 nitrogen and oxygen atoms in total. The van der Waals surface area contributed by atoms with Crippen molar-refractivity contribution in [1.82, 2.24) is 4.90 Å². The number of fused-ring (bicyclic) bond motifs is 2. The maximum atomic E-state index is 13.5. The third kappa shape index (κ3) is 3.06. The van der Waals surface area contributed by atoms with Gasteiger partial charge in [0.15, 0.2) is 0 Å². The Balaban J connectivity index is 1.63. The van der Waals surface area contributed by atoms with E-state index in [-0.39, 0.29) is 36.3 Å². The first kappa shape index (κ1) is 14.4. The molecule has 2 atom stereocenters. The van der Waals surface area contributed by atoms with Gasteiger partial charge in [-0.25, -0.2) is 8.78 Å². The van der Waals surface area contributed by atoms with Crippen LogP contribution < -0.4 is 5.32 Å². The van der Waals surface area contributed by atoms with Crippen molar-refractivity contribution >= 4 is 11.6 Å². The van der Waals surface area contributed by atoms with Crippen LogP contribution in [0.2, 0.25) is 0 Å². The standard InChI is InChI=1S/C15H18F2N2O2/c16-9-1-4-13(17)14(5-9)18-15(21)8-19-10-2-3-11(19)7-12(20)6-10/h1,4-5,10-12,20H,2-3,6-8H2,(H,18,21). The molecule has 1 amide bonds. The molecule has 1 aromatic rings. The number of aliphatic hydroxyl groups excluding tert-OH is 1. The predicted octanol–water partition coefficient (Wildman–Crippen LogP) is 1.89. The molecule has 2 heterocycles. The number of carbonyl (C=O) groups excluding carboxylic acids is 1.